The highest BCUT2D eigenvalue weighted by atomic mass is 16.5. The summed E-state index contributed by atoms with van der Waals surface area (Å²) in [6.45, 7) is 2.27. The molecule has 2 rings (SSSR count). The first kappa shape index (κ1) is 16.5. The molecule has 0 aliphatic carbocycles. The molecule has 0 atom stereocenters. The maximum absolute atomic E-state index is 12.0. The van der Waals surface area contributed by atoms with Gasteiger partial charge in [-0.05, 0) is 37.1 Å². The smallest absolute Gasteiger partial charge is 0.335 e. The molecule has 1 heterocycles. The number of amides is 1. The van der Waals surface area contributed by atoms with Crippen LogP contribution in [0.25, 0.3) is 0 Å². The van der Waals surface area contributed by atoms with Crippen molar-refractivity contribution in [2.75, 3.05) is 13.7 Å². The summed E-state index contributed by atoms with van der Waals surface area (Å²) in [6, 6.07) is 6.41. The number of nitrogens with one attached hydrogen (secondary N) is 1. The molecular weight excluding hydrogens is 298 g/mol. The molecule has 1 amide bonds. The second-order valence-corrected chi connectivity index (χ2v) is 5.13. The number of hydrogen-bond donors (Lipinski definition) is 2. The molecule has 2 aromatic rings. The van der Waals surface area contributed by atoms with Crippen molar-refractivity contribution >= 4 is 11.9 Å². The normalized spacial score (nSPS) is 10.4. The zero-order valence-corrected chi connectivity index (χ0v) is 13.3. The molecule has 0 saturated heterocycles. The monoisotopic (exact) mass is 317 g/mol. The lowest BCUT2D eigenvalue weighted by molar-refractivity contribution is 0.0696. The van der Waals surface area contributed by atoms with Crippen molar-refractivity contribution in [3.63, 3.8) is 0 Å². The summed E-state index contributed by atoms with van der Waals surface area (Å²) in [7, 11) is 3.26. The summed E-state index contributed by atoms with van der Waals surface area (Å²) >= 11 is 0. The van der Waals surface area contributed by atoms with Crippen LogP contribution < -0.4 is 10.1 Å². The molecule has 0 fully saturated rings. The van der Waals surface area contributed by atoms with Crippen LogP contribution in [-0.2, 0) is 13.5 Å². The number of carboxylic acid groups (broad SMARTS) is 1. The molecule has 0 spiro atoms. The molecule has 0 radical (unpaired) electrons. The van der Waals surface area contributed by atoms with Gasteiger partial charge in [0.1, 0.15) is 11.4 Å². The molecule has 0 bridgehead atoms. The van der Waals surface area contributed by atoms with Crippen molar-refractivity contribution in [1.82, 2.24) is 15.1 Å². The van der Waals surface area contributed by atoms with Crippen LogP contribution in [0.5, 0.6) is 5.75 Å². The number of carboxylic acids is 1. The molecule has 1 aromatic carbocycles. The molecule has 0 unspecified atom stereocenters. The van der Waals surface area contributed by atoms with Crippen molar-refractivity contribution in [3.05, 3.63) is 46.8 Å². The molecule has 1 aromatic heterocycles. The van der Waals surface area contributed by atoms with E-state index in [2.05, 4.69) is 10.4 Å². The molecule has 23 heavy (non-hydrogen) atoms. The van der Waals surface area contributed by atoms with E-state index in [4.69, 9.17) is 9.84 Å². The Balaban J connectivity index is 1.98. The SMILES string of the molecule is COc1cc(C(=O)O)ccc1CCNC(=O)c1cc(C)n(C)n1. The second-order valence-electron chi connectivity index (χ2n) is 5.13. The number of carbonyl (C=O) groups is 2. The second kappa shape index (κ2) is 6.95. The van der Waals surface area contributed by atoms with Gasteiger partial charge in [0, 0.05) is 19.3 Å². The number of carbonyl (C=O) groups excluding carboxylic acids is 1. The van der Waals surface area contributed by atoms with Gasteiger partial charge in [-0.25, -0.2) is 4.79 Å². The Morgan fingerprint density at radius 2 is 2.09 bits per heavy atom. The summed E-state index contributed by atoms with van der Waals surface area (Å²) in [6.07, 6.45) is 0.528. The van der Waals surface area contributed by atoms with Gasteiger partial charge < -0.3 is 15.2 Å². The first-order valence-corrected chi connectivity index (χ1v) is 7.11. The number of aromatic carboxylic acids is 1. The fourth-order valence-electron chi connectivity index (χ4n) is 2.16. The third-order valence-electron chi connectivity index (χ3n) is 3.56. The Morgan fingerprint density at radius 3 is 2.65 bits per heavy atom. The van der Waals surface area contributed by atoms with Crippen molar-refractivity contribution in [3.8, 4) is 5.75 Å². The van der Waals surface area contributed by atoms with E-state index in [1.807, 2.05) is 6.92 Å². The van der Waals surface area contributed by atoms with Crippen molar-refractivity contribution in [2.45, 2.75) is 13.3 Å². The van der Waals surface area contributed by atoms with Crippen LogP contribution in [0.3, 0.4) is 0 Å². The zero-order chi connectivity index (χ0) is 17.0. The van der Waals surface area contributed by atoms with E-state index in [1.54, 1.807) is 23.9 Å². The van der Waals surface area contributed by atoms with Crippen molar-refractivity contribution < 1.29 is 19.4 Å². The van der Waals surface area contributed by atoms with Crippen LogP contribution >= 0.6 is 0 Å². The van der Waals surface area contributed by atoms with E-state index >= 15 is 0 Å². The van der Waals surface area contributed by atoms with E-state index in [9.17, 15) is 9.59 Å². The minimum atomic E-state index is -1.01. The lowest BCUT2D eigenvalue weighted by Gasteiger charge is -2.10. The third-order valence-corrected chi connectivity index (χ3v) is 3.56. The lowest BCUT2D eigenvalue weighted by atomic mass is 10.1. The van der Waals surface area contributed by atoms with Crippen molar-refractivity contribution in [2.24, 2.45) is 7.05 Å². The highest BCUT2D eigenvalue weighted by molar-refractivity contribution is 5.92. The minimum absolute atomic E-state index is 0.165. The van der Waals surface area contributed by atoms with Crippen LogP contribution in [0.1, 0.15) is 32.1 Å². The van der Waals surface area contributed by atoms with Gasteiger partial charge in [-0.15, -0.1) is 0 Å². The Hall–Kier alpha value is -2.83. The Kier molecular flexibility index (Phi) is 5.00. The average Bonchev–Trinajstić information content (AvgIpc) is 2.86. The topological polar surface area (TPSA) is 93.5 Å². The van der Waals surface area contributed by atoms with Gasteiger partial charge in [0.2, 0.25) is 0 Å². The molecule has 0 saturated carbocycles. The number of methoxy groups -OCH3 is 1. The number of nitrogens with zero attached hydrogens (tertiary/aromatic N) is 2. The van der Waals surface area contributed by atoms with Crippen LogP contribution in [-0.4, -0.2) is 40.4 Å². The van der Waals surface area contributed by atoms with E-state index in [0.717, 1.165) is 11.3 Å². The predicted molar refractivity (Wildman–Crippen MR) is 83.9 cm³/mol. The average molecular weight is 317 g/mol. The standard InChI is InChI=1S/C16H19N3O4/c1-10-8-13(18-19(10)2)15(20)17-7-6-11-4-5-12(16(21)22)9-14(11)23-3/h4-5,8-9H,6-7H2,1-3H3,(H,17,20)(H,21,22). The first-order chi connectivity index (χ1) is 10.9. The number of rotatable bonds is 6. The van der Waals surface area contributed by atoms with E-state index in [1.165, 1.54) is 19.2 Å². The van der Waals surface area contributed by atoms with E-state index in [-0.39, 0.29) is 11.5 Å². The maximum Gasteiger partial charge on any atom is 0.335 e. The van der Waals surface area contributed by atoms with Crippen molar-refractivity contribution in [1.29, 1.82) is 0 Å². The summed E-state index contributed by atoms with van der Waals surface area (Å²) in [5.41, 5.74) is 2.27. The van der Waals surface area contributed by atoms with E-state index < -0.39 is 5.97 Å². The fraction of sp³-hybridized carbons (Fsp3) is 0.312. The van der Waals surface area contributed by atoms with Gasteiger partial charge in [0.25, 0.3) is 5.91 Å². The Morgan fingerprint density at radius 1 is 1.35 bits per heavy atom. The number of benzene rings is 1. The summed E-state index contributed by atoms with van der Waals surface area (Å²) in [4.78, 5) is 23.0. The highest BCUT2D eigenvalue weighted by Crippen LogP contribution is 2.20. The number of ether oxygens (including phenoxy) is 1. The molecular formula is C16H19N3O4. The molecule has 7 heteroatoms. The first-order valence-electron chi connectivity index (χ1n) is 7.11. The van der Waals surface area contributed by atoms with Gasteiger partial charge >= 0.3 is 5.97 Å². The van der Waals surface area contributed by atoms with Crippen LogP contribution in [0.15, 0.2) is 24.3 Å². The third kappa shape index (κ3) is 3.88. The highest BCUT2D eigenvalue weighted by Gasteiger charge is 2.12. The van der Waals surface area contributed by atoms with Crippen LogP contribution in [0, 0.1) is 6.92 Å². The molecule has 0 aliphatic rings. The summed E-state index contributed by atoms with van der Waals surface area (Å²) < 4.78 is 6.85. The number of hydrogen-bond acceptors (Lipinski definition) is 4. The van der Waals surface area contributed by atoms with Gasteiger partial charge in [0.05, 0.1) is 12.7 Å². The lowest BCUT2D eigenvalue weighted by Crippen LogP contribution is -2.26. The van der Waals surface area contributed by atoms with E-state index in [0.29, 0.717) is 24.4 Å². The van der Waals surface area contributed by atoms with Gasteiger partial charge in [-0.3, -0.25) is 9.48 Å². The Labute approximate surface area is 133 Å². The quantitative estimate of drug-likeness (QED) is 0.840. The minimum Gasteiger partial charge on any atom is -0.496 e. The van der Waals surface area contributed by atoms with Crippen LogP contribution in [0.2, 0.25) is 0 Å². The number of aryl methyl sites for hydroxylation is 2. The van der Waals surface area contributed by atoms with Gasteiger partial charge in [-0.1, -0.05) is 6.07 Å². The number of aromatic nitrogens is 2. The molecule has 7 nitrogen and oxygen atoms in total. The maximum atomic E-state index is 12.0. The molecule has 122 valence electrons. The predicted octanol–water partition coefficient (Wildman–Crippen LogP) is 1.41. The molecule has 2 N–H and O–H groups in total. The summed E-state index contributed by atoms with van der Waals surface area (Å²) in [5, 5.41) is 15.9. The van der Waals surface area contributed by atoms with Crippen LogP contribution in [0.4, 0.5) is 0 Å². The molecule has 0 aliphatic heterocycles. The largest absolute Gasteiger partial charge is 0.496 e. The Bertz CT molecular complexity index is 717. The van der Waals surface area contributed by atoms with Gasteiger partial charge in [-0.2, -0.15) is 5.10 Å². The van der Waals surface area contributed by atoms with Gasteiger partial charge in [0.15, 0.2) is 0 Å². The summed E-state index contributed by atoms with van der Waals surface area (Å²) in [5.74, 6) is -0.753. The zero-order valence-electron chi connectivity index (χ0n) is 13.3. The fourth-order valence-corrected chi connectivity index (χ4v) is 2.16.